The first-order valence-corrected chi connectivity index (χ1v) is 14.1. The number of sulfonamides is 1. The van der Waals surface area contributed by atoms with Crippen LogP contribution in [0.3, 0.4) is 0 Å². The largest absolute Gasteiger partial charge is 0.421 e. The number of thiocarbonyl (C=S) groups is 1. The number of likely N-dealkylation sites (tertiary alicyclic amines) is 1. The summed E-state index contributed by atoms with van der Waals surface area (Å²) in [7, 11) is -3.79. The smallest absolute Gasteiger partial charge is 0.376 e. The van der Waals surface area contributed by atoms with Gasteiger partial charge in [-0.1, -0.05) is 36.5 Å². The fourth-order valence-electron chi connectivity index (χ4n) is 5.55. The average molecular weight is 558 g/mol. The second-order valence-electron chi connectivity index (χ2n) is 10.2. The minimum atomic E-state index is -4.81. The van der Waals surface area contributed by atoms with Gasteiger partial charge in [-0.25, -0.2) is 8.42 Å². The fourth-order valence-corrected chi connectivity index (χ4v) is 7.62. The van der Waals surface area contributed by atoms with Gasteiger partial charge in [-0.3, -0.25) is 4.90 Å². The van der Waals surface area contributed by atoms with E-state index in [4.69, 9.17) is 17.0 Å². The van der Waals surface area contributed by atoms with E-state index in [1.54, 1.807) is 24.3 Å². The molecule has 0 unspecified atom stereocenters. The lowest BCUT2D eigenvalue weighted by Crippen LogP contribution is -2.59. The van der Waals surface area contributed by atoms with Gasteiger partial charge in [0.2, 0.25) is 10.0 Å². The molecule has 0 radical (unpaired) electrons. The van der Waals surface area contributed by atoms with Crippen molar-refractivity contribution in [2.75, 3.05) is 44.2 Å². The van der Waals surface area contributed by atoms with Gasteiger partial charge in [-0.2, -0.15) is 17.5 Å². The van der Waals surface area contributed by atoms with Gasteiger partial charge in [0.1, 0.15) is 0 Å². The molecular formula is C25H30F3N3O4S2. The summed E-state index contributed by atoms with van der Waals surface area (Å²) in [4.78, 5) is 4.92. The van der Waals surface area contributed by atoms with Crippen molar-refractivity contribution in [3.8, 4) is 0 Å². The number of piperazine rings is 1. The number of hydrogen-bond donors (Lipinski definition) is 1. The van der Waals surface area contributed by atoms with Crippen LogP contribution in [0, 0.1) is 0 Å². The fraction of sp³-hybridized carbons (Fsp3) is 0.560. The summed E-state index contributed by atoms with van der Waals surface area (Å²) in [5, 5.41) is 10.0. The molecule has 5 rings (SSSR count). The lowest BCUT2D eigenvalue weighted by molar-refractivity contribution is -0.258. The molecule has 1 aromatic carbocycles. The molecule has 3 fully saturated rings. The van der Waals surface area contributed by atoms with Crippen molar-refractivity contribution in [2.45, 2.75) is 49.7 Å². The van der Waals surface area contributed by atoms with E-state index in [1.165, 1.54) is 16.4 Å². The Kier molecular flexibility index (Phi) is 7.04. The van der Waals surface area contributed by atoms with Crippen molar-refractivity contribution >= 4 is 32.8 Å². The number of alkyl halides is 3. The highest BCUT2D eigenvalue weighted by Gasteiger charge is 2.51. The Morgan fingerprint density at radius 1 is 1.16 bits per heavy atom. The summed E-state index contributed by atoms with van der Waals surface area (Å²) in [6.45, 7) is 3.57. The van der Waals surface area contributed by atoms with Gasteiger partial charge in [-0.15, -0.1) is 0 Å². The summed E-state index contributed by atoms with van der Waals surface area (Å²) < 4.78 is 74.1. The molecule has 37 heavy (non-hydrogen) atoms. The Balaban J connectivity index is 1.40. The third-order valence-electron chi connectivity index (χ3n) is 7.80. The van der Waals surface area contributed by atoms with Crippen LogP contribution in [0.1, 0.15) is 25.3 Å². The molecule has 1 aromatic rings. The molecule has 4 atom stereocenters. The first-order chi connectivity index (χ1) is 17.4. The van der Waals surface area contributed by atoms with Crippen molar-refractivity contribution in [1.29, 1.82) is 0 Å². The number of aliphatic hydroxyl groups is 1. The number of fused-ring (bicyclic) bond motifs is 2. The zero-order valence-corrected chi connectivity index (χ0v) is 22.0. The van der Waals surface area contributed by atoms with Crippen LogP contribution < -0.4 is 4.90 Å². The van der Waals surface area contributed by atoms with Crippen LogP contribution in [0.5, 0.6) is 0 Å². The van der Waals surface area contributed by atoms with Gasteiger partial charge >= 0.3 is 6.18 Å². The number of anilines is 1. The molecule has 1 N–H and O–H groups in total. The van der Waals surface area contributed by atoms with Gasteiger partial charge in [-0.05, 0) is 37.1 Å². The third-order valence-corrected chi connectivity index (χ3v) is 10.3. The van der Waals surface area contributed by atoms with E-state index < -0.39 is 21.8 Å². The third kappa shape index (κ3) is 4.99. The van der Waals surface area contributed by atoms with E-state index in [0.29, 0.717) is 36.7 Å². The SMILES string of the molecule is C[C@](O)(c1ccc(N2CCN(S(=O)(=O)C3=CC=CCC3=S)C[C@H]2CN2C[C@H]3C[C@@H]2CO3)cc1)C(F)(F)F. The molecule has 7 nitrogen and oxygen atoms in total. The molecular weight excluding hydrogens is 527 g/mol. The first-order valence-electron chi connectivity index (χ1n) is 12.3. The second-order valence-corrected chi connectivity index (χ2v) is 12.6. The maximum atomic E-state index is 13.5. The minimum Gasteiger partial charge on any atom is -0.376 e. The summed E-state index contributed by atoms with van der Waals surface area (Å²) in [6.07, 6.45) is 1.81. The molecule has 3 aliphatic heterocycles. The highest BCUT2D eigenvalue weighted by atomic mass is 32.2. The molecule has 1 aliphatic carbocycles. The van der Waals surface area contributed by atoms with Crippen molar-refractivity contribution in [1.82, 2.24) is 9.21 Å². The van der Waals surface area contributed by atoms with Gasteiger partial charge in [0.15, 0.2) is 5.60 Å². The summed E-state index contributed by atoms with van der Waals surface area (Å²) >= 11 is 5.34. The van der Waals surface area contributed by atoms with Crippen LogP contribution in [0.2, 0.25) is 0 Å². The lowest BCUT2D eigenvalue weighted by Gasteiger charge is -2.45. The average Bonchev–Trinajstić information content (AvgIpc) is 3.47. The van der Waals surface area contributed by atoms with E-state index >= 15 is 0 Å². The molecule has 3 heterocycles. The van der Waals surface area contributed by atoms with Crippen LogP contribution in [-0.2, 0) is 20.4 Å². The summed E-state index contributed by atoms with van der Waals surface area (Å²) in [5.41, 5.74) is -2.53. The van der Waals surface area contributed by atoms with Crippen LogP contribution >= 0.6 is 12.2 Å². The van der Waals surface area contributed by atoms with Gasteiger partial charge in [0.25, 0.3) is 0 Å². The maximum Gasteiger partial charge on any atom is 0.421 e. The van der Waals surface area contributed by atoms with Gasteiger partial charge in [0, 0.05) is 55.7 Å². The zero-order valence-electron chi connectivity index (χ0n) is 20.4. The molecule has 4 aliphatic rings. The number of nitrogens with zero attached hydrogens (tertiary/aromatic N) is 3. The molecule has 0 aromatic heterocycles. The number of halogens is 3. The van der Waals surface area contributed by atoms with Gasteiger partial charge < -0.3 is 14.7 Å². The second kappa shape index (κ2) is 9.73. The first kappa shape index (κ1) is 26.8. The molecule has 0 spiro atoms. The number of morpholine rings is 1. The molecule has 3 saturated heterocycles. The molecule has 12 heteroatoms. The number of rotatable bonds is 6. The zero-order chi connectivity index (χ0) is 26.6. The number of ether oxygens (including phenoxy) is 1. The predicted octanol–water partition coefficient (Wildman–Crippen LogP) is 2.96. The van der Waals surface area contributed by atoms with Crippen molar-refractivity contribution in [3.63, 3.8) is 0 Å². The monoisotopic (exact) mass is 557 g/mol. The Morgan fingerprint density at radius 2 is 1.89 bits per heavy atom. The highest BCUT2D eigenvalue weighted by molar-refractivity contribution is 7.96. The Morgan fingerprint density at radius 3 is 2.49 bits per heavy atom. The Labute approximate surface area is 220 Å². The topological polar surface area (TPSA) is 73.3 Å². The van der Waals surface area contributed by atoms with Crippen LogP contribution in [0.15, 0.2) is 47.4 Å². The van der Waals surface area contributed by atoms with Gasteiger partial charge in [0.05, 0.1) is 23.7 Å². The van der Waals surface area contributed by atoms with E-state index in [9.17, 15) is 26.7 Å². The highest BCUT2D eigenvalue weighted by Crippen LogP contribution is 2.39. The summed E-state index contributed by atoms with van der Waals surface area (Å²) in [6, 6.07) is 5.75. The van der Waals surface area contributed by atoms with Crippen LogP contribution in [0.4, 0.5) is 18.9 Å². The lowest BCUT2D eigenvalue weighted by atomic mass is 9.95. The predicted molar refractivity (Wildman–Crippen MR) is 138 cm³/mol. The molecule has 202 valence electrons. The number of allylic oxidation sites excluding steroid dienone is 4. The Bertz CT molecular complexity index is 1210. The Hall–Kier alpha value is -1.83. The van der Waals surface area contributed by atoms with E-state index in [1.807, 2.05) is 6.08 Å². The molecule has 2 bridgehead atoms. The van der Waals surface area contributed by atoms with E-state index in [2.05, 4.69) is 9.80 Å². The van der Waals surface area contributed by atoms with Crippen molar-refractivity contribution in [3.05, 3.63) is 53.0 Å². The number of benzene rings is 1. The van der Waals surface area contributed by atoms with Crippen LogP contribution in [0.25, 0.3) is 0 Å². The van der Waals surface area contributed by atoms with Crippen molar-refractivity contribution in [2.24, 2.45) is 0 Å². The van der Waals surface area contributed by atoms with E-state index in [-0.39, 0.29) is 41.7 Å². The van der Waals surface area contributed by atoms with Crippen molar-refractivity contribution < 1.29 is 31.4 Å². The molecule has 0 amide bonds. The van der Waals surface area contributed by atoms with E-state index in [0.717, 1.165) is 19.9 Å². The quantitative estimate of drug-likeness (QED) is 0.540. The number of hydrogen-bond acceptors (Lipinski definition) is 7. The normalized spacial score (nSPS) is 29.0. The standard InChI is InChI=1S/C25H30F3N3O4S2/c1-24(32,25(26,27)28)17-6-8-18(9-7-17)31-11-10-30(37(33,34)23-5-3-2-4-22(23)36)14-20(31)13-29-15-21-12-19(29)16-35-21/h2-3,5-9,19-21,32H,4,10-16H2,1H3/t19-,20-,21-,24+/m1/s1. The summed E-state index contributed by atoms with van der Waals surface area (Å²) in [5.74, 6) is 0. The minimum absolute atomic E-state index is 0.157. The molecule has 0 saturated carbocycles. The van der Waals surface area contributed by atoms with Crippen LogP contribution in [-0.4, -0.2) is 91.3 Å². The maximum absolute atomic E-state index is 13.5.